The van der Waals surface area contributed by atoms with Crippen molar-refractivity contribution in [1.29, 1.82) is 0 Å². The van der Waals surface area contributed by atoms with Gasteiger partial charge in [-0.2, -0.15) is 5.10 Å². The summed E-state index contributed by atoms with van der Waals surface area (Å²) in [6, 6.07) is 11.1. The summed E-state index contributed by atoms with van der Waals surface area (Å²) in [5.74, 6) is 0. The fraction of sp³-hybridized carbons (Fsp3) is 0. The number of nitrogens with one attached hydrogen (secondary N) is 1. The van der Waals surface area contributed by atoms with Gasteiger partial charge in [0.1, 0.15) is 0 Å². The molecule has 3 N–H and O–H groups in total. The third kappa shape index (κ3) is 2.62. The Kier molecular flexibility index (Phi) is 3.39. The maximum atomic E-state index is 10.5. The van der Waals surface area contributed by atoms with Gasteiger partial charge in [0.25, 0.3) is 0 Å². The zero-order valence-corrected chi connectivity index (χ0v) is 10.4. The van der Waals surface area contributed by atoms with E-state index in [2.05, 4.69) is 26.5 Å². The van der Waals surface area contributed by atoms with Gasteiger partial charge < -0.3 is 5.73 Å². The molecule has 0 heterocycles. The fourth-order valence-electron chi connectivity index (χ4n) is 1.57. The van der Waals surface area contributed by atoms with Crippen molar-refractivity contribution in [3.8, 4) is 0 Å². The molecule has 0 aliphatic heterocycles. The summed E-state index contributed by atoms with van der Waals surface area (Å²) in [6.45, 7) is 0. The number of hydrogen-bond donors (Lipinski definition) is 2. The molecule has 2 rings (SSSR count). The molecule has 0 atom stereocenters. The fourth-order valence-corrected chi connectivity index (χ4v) is 2.07. The lowest BCUT2D eigenvalue weighted by molar-refractivity contribution is 0.249. The number of nitrogens with two attached hydrogens (primary N) is 1. The zero-order valence-electron chi connectivity index (χ0n) is 8.85. The van der Waals surface area contributed by atoms with Crippen molar-refractivity contribution in [2.24, 2.45) is 10.8 Å². The maximum absolute atomic E-state index is 10.5. The number of carbonyl (C=O) groups is 1. The molecule has 0 unspecified atom stereocenters. The Bertz CT molecular complexity index is 595. The highest BCUT2D eigenvalue weighted by Crippen LogP contribution is 2.25. The van der Waals surface area contributed by atoms with Gasteiger partial charge in [-0.25, -0.2) is 10.2 Å². The Labute approximate surface area is 107 Å². The average molecular weight is 292 g/mol. The van der Waals surface area contributed by atoms with Crippen LogP contribution < -0.4 is 11.2 Å². The highest BCUT2D eigenvalue weighted by molar-refractivity contribution is 9.10. The second-order valence-electron chi connectivity index (χ2n) is 3.42. The van der Waals surface area contributed by atoms with Crippen molar-refractivity contribution >= 4 is 38.9 Å². The van der Waals surface area contributed by atoms with Crippen LogP contribution in [0.4, 0.5) is 4.79 Å². The molecule has 0 fully saturated rings. The number of fused-ring (bicyclic) bond motifs is 1. The normalized spacial score (nSPS) is 10.9. The summed E-state index contributed by atoms with van der Waals surface area (Å²) in [5, 5.41) is 5.90. The zero-order chi connectivity index (χ0) is 12.3. The van der Waals surface area contributed by atoms with E-state index in [0.717, 1.165) is 20.8 Å². The molecule has 17 heavy (non-hydrogen) atoms. The van der Waals surface area contributed by atoms with E-state index in [1.54, 1.807) is 6.21 Å². The Morgan fingerprint density at radius 2 is 1.94 bits per heavy atom. The summed E-state index contributed by atoms with van der Waals surface area (Å²) in [4.78, 5) is 10.5. The number of halogens is 1. The van der Waals surface area contributed by atoms with E-state index in [0.29, 0.717) is 0 Å². The number of nitrogens with zero attached hydrogens (tertiary/aromatic N) is 1. The van der Waals surface area contributed by atoms with Crippen LogP contribution in [0.5, 0.6) is 0 Å². The van der Waals surface area contributed by atoms with Crippen molar-refractivity contribution in [2.75, 3.05) is 0 Å². The van der Waals surface area contributed by atoms with Gasteiger partial charge >= 0.3 is 6.03 Å². The van der Waals surface area contributed by atoms with Crippen molar-refractivity contribution < 1.29 is 4.79 Å². The predicted octanol–water partition coefficient (Wildman–Crippen LogP) is 2.60. The molecule has 0 aliphatic rings. The predicted molar refractivity (Wildman–Crippen MR) is 72.0 cm³/mol. The standard InChI is InChI=1S/C12H10BrN3O/c13-11-6-2-4-9-8(3-1-5-10(9)11)7-15-16-12(14)17/h1-7H,(H3,14,16,17)/b15-7-. The van der Waals surface area contributed by atoms with E-state index >= 15 is 0 Å². The second kappa shape index (κ2) is 4.97. The Morgan fingerprint density at radius 1 is 1.24 bits per heavy atom. The molecule has 0 spiro atoms. The smallest absolute Gasteiger partial charge is 0.332 e. The molecule has 0 bridgehead atoms. The van der Waals surface area contributed by atoms with Crippen LogP contribution in [0, 0.1) is 0 Å². The summed E-state index contributed by atoms with van der Waals surface area (Å²) < 4.78 is 1.02. The third-order valence-corrected chi connectivity index (χ3v) is 2.97. The Morgan fingerprint density at radius 3 is 2.71 bits per heavy atom. The molecule has 0 aliphatic carbocycles. The summed E-state index contributed by atoms with van der Waals surface area (Å²) >= 11 is 3.49. The lowest BCUT2D eigenvalue weighted by Crippen LogP contribution is -2.24. The van der Waals surface area contributed by atoms with Crippen molar-refractivity contribution in [1.82, 2.24) is 5.43 Å². The largest absolute Gasteiger partial charge is 0.350 e. The SMILES string of the molecule is NC(=O)N/N=C\c1cccc2c(Br)cccc12. The van der Waals surface area contributed by atoms with Crippen LogP contribution in [0.1, 0.15) is 5.56 Å². The topological polar surface area (TPSA) is 67.5 Å². The van der Waals surface area contributed by atoms with Gasteiger partial charge in [0.2, 0.25) is 0 Å². The number of hydrazone groups is 1. The molecule has 2 aromatic carbocycles. The molecule has 5 heteroatoms. The Hall–Kier alpha value is -1.88. The van der Waals surface area contributed by atoms with Gasteiger partial charge in [-0.1, -0.05) is 46.3 Å². The van der Waals surface area contributed by atoms with Gasteiger partial charge in [-0.15, -0.1) is 0 Å². The quantitative estimate of drug-likeness (QED) is 0.648. The first-order valence-electron chi connectivity index (χ1n) is 4.94. The molecule has 86 valence electrons. The van der Waals surface area contributed by atoms with Crippen LogP contribution in [-0.4, -0.2) is 12.2 Å². The molecule has 0 radical (unpaired) electrons. The van der Waals surface area contributed by atoms with Gasteiger partial charge in [-0.3, -0.25) is 0 Å². The first-order chi connectivity index (χ1) is 8.18. The van der Waals surface area contributed by atoms with Crippen LogP contribution >= 0.6 is 15.9 Å². The molecule has 2 aromatic rings. The average Bonchev–Trinajstić information content (AvgIpc) is 2.30. The molecule has 4 nitrogen and oxygen atoms in total. The highest BCUT2D eigenvalue weighted by atomic mass is 79.9. The maximum Gasteiger partial charge on any atom is 0.332 e. The molecular weight excluding hydrogens is 282 g/mol. The number of carbonyl (C=O) groups excluding carboxylic acids is 1. The van der Waals surface area contributed by atoms with Crippen LogP contribution in [0.3, 0.4) is 0 Å². The van der Waals surface area contributed by atoms with Crippen LogP contribution in [0.25, 0.3) is 10.8 Å². The van der Waals surface area contributed by atoms with E-state index in [-0.39, 0.29) is 0 Å². The molecule has 0 saturated carbocycles. The van der Waals surface area contributed by atoms with Crippen molar-refractivity contribution in [2.45, 2.75) is 0 Å². The molecule has 0 aromatic heterocycles. The molecule has 2 amide bonds. The first-order valence-corrected chi connectivity index (χ1v) is 5.73. The minimum atomic E-state index is -0.678. The second-order valence-corrected chi connectivity index (χ2v) is 4.27. The van der Waals surface area contributed by atoms with E-state index in [4.69, 9.17) is 5.73 Å². The van der Waals surface area contributed by atoms with E-state index in [9.17, 15) is 4.79 Å². The van der Waals surface area contributed by atoms with Gasteiger partial charge in [0.05, 0.1) is 6.21 Å². The number of hydrogen-bond acceptors (Lipinski definition) is 2. The summed E-state index contributed by atoms with van der Waals surface area (Å²) in [6.07, 6.45) is 1.57. The molecular formula is C12H10BrN3O. The van der Waals surface area contributed by atoms with Crippen molar-refractivity contribution in [3.05, 3.63) is 46.4 Å². The molecule has 0 saturated heterocycles. The van der Waals surface area contributed by atoms with Gasteiger partial charge in [0.15, 0.2) is 0 Å². The number of urea groups is 1. The number of primary amides is 1. The first kappa shape index (κ1) is 11.6. The monoisotopic (exact) mass is 291 g/mol. The summed E-state index contributed by atoms with van der Waals surface area (Å²) in [7, 11) is 0. The Balaban J connectivity index is 2.44. The lowest BCUT2D eigenvalue weighted by Gasteiger charge is -2.03. The van der Waals surface area contributed by atoms with E-state index < -0.39 is 6.03 Å². The van der Waals surface area contributed by atoms with E-state index in [1.807, 2.05) is 36.4 Å². The van der Waals surface area contributed by atoms with Crippen LogP contribution in [0.15, 0.2) is 46.0 Å². The van der Waals surface area contributed by atoms with Crippen LogP contribution in [0.2, 0.25) is 0 Å². The van der Waals surface area contributed by atoms with E-state index in [1.165, 1.54) is 0 Å². The minimum Gasteiger partial charge on any atom is -0.350 e. The van der Waals surface area contributed by atoms with Gasteiger partial charge in [0, 0.05) is 10.0 Å². The van der Waals surface area contributed by atoms with Crippen molar-refractivity contribution in [3.63, 3.8) is 0 Å². The summed E-state index contributed by atoms with van der Waals surface area (Å²) in [5.41, 5.74) is 8.01. The van der Waals surface area contributed by atoms with Crippen LogP contribution in [-0.2, 0) is 0 Å². The number of benzene rings is 2. The van der Waals surface area contributed by atoms with Gasteiger partial charge in [-0.05, 0) is 16.8 Å². The number of amides is 2. The number of rotatable bonds is 2. The highest BCUT2D eigenvalue weighted by Gasteiger charge is 2.01. The third-order valence-electron chi connectivity index (χ3n) is 2.28. The lowest BCUT2D eigenvalue weighted by atomic mass is 10.1. The minimum absolute atomic E-state index is 0.678.